The van der Waals surface area contributed by atoms with E-state index >= 15 is 0 Å². The van der Waals surface area contributed by atoms with E-state index in [9.17, 15) is 9.18 Å². The summed E-state index contributed by atoms with van der Waals surface area (Å²) in [6.45, 7) is 2.83. The van der Waals surface area contributed by atoms with Crippen molar-refractivity contribution in [1.29, 1.82) is 0 Å². The van der Waals surface area contributed by atoms with Crippen LogP contribution in [0.2, 0.25) is 0 Å². The zero-order chi connectivity index (χ0) is 23.2. The molecule has 3 aromatic carbocycles. The molecule has 1 aliphatic heterocycles. The lowest BCUT2D eigenvalue weighted by atomic mass is 10.2. The Morgan fingerprint density at radius 1 is 1.03 bits per heavy atom. The van der Waals surface area contributed by atoms with Gasteiger partial charge in [-0.05, 0) is 107 Å². The highest BCUT2D eigenvalue weighted by Gasteiger charge is 2.24. The normalized spacial score (nSPS) is 15.7. The van der Waals surface area contributed by atoms with Crippen LogP contribution in [-0.2, 0) is 11.4 Å². The van der Waals surface area contributed by atoms with Crippen LogP contribution in [-0.4, -0.2) is 17.7 Å². The van der Waals surface area contributed by atoms with E-state index in [2.05, 4.69) is 32.9 Å². The number of carbonyl (C=O) groups is 1. The van der Waals surface area contributed by atoms with Crippen molar-refractivity contribution >= 4 is 57.2 Å². The highest BCUT2D eigenvalue weighted by atomic mass is 127. The molecule has 1 N–H and O–H groups in total. The Bertz CT molecular complexity index is 1210. The van der Waals surface area contributed by atoms with Crippen LogP contribution in [0.4, 0.5) is 10.1 Å². The van der Waals surface area contributed by atoms with E-state index in [4.69, 9.17) is 9.47 Å². The molecule has 0 atom stereocenters. The average molecular weight is 574 g/mol. The maximum absolute atomic E-state index is 13.1. The lowest BCUT2D eigenvalue weighted by molar-refractivity contribution is -0.115. The van der Waals surface area contributed by atoms with Gasteiger partial charge in [0.2, 0.25) is 0 Å². The Morgan fingerprint density at radius 2 is 1.79 bits per heavy atom. The van der Waals surface area contributed by atoms with Crippen LogP contribution in [0.3, 0.4) is 0 Å². The van der Waals surface area contributed by atoms with Gasteiger partial charge in [0.25, 0.3) is 5.91 Å². The Kier molecular flexibility index (Phi) is 7.66. The Labute approximate surface area is 209 Å². The Hall–Kier alpha value is -2.85. The SMILES string of the molecule is CCOc1cc(/C=C2/SC(=Nc3ccc(F)cc3)NC2=O)ccc1OCc1ccc(I)cc1. The molecule has 1 fully saturated rings. The summed E-state index contributed by atoms with van der Waals surface area (Å²) < 4.78 is 26.0. The number of rotatable bonds is 7. The molecule has 0 aromatic heterocycles. The maximum atomic E-state index is 13.1. The molecule has 5 nitrogen and oxygen atoms in total. The Morgan fingerprint density at radius 3 is 2.52 bits per heavy atom. The van der Waals surface area contributed by atoms with Crippen molar-refractivity contribution in [2.75, 3.05) is 6.61 Å². The number of halogens is 2. The first-order valence-electron chi connectivity index (χ1n) is 10.2. The molecule has 8 heteroatoms. The summed E-state index contributed by atoms with van der Waals surface area (Å²) in [6.07, 6.45) is 1.78. The van der Waals surface area contributed by atoms with E-state index in [-0.39, 0.29) is 11.7 Å². The van der Waals surface area contributed by atoms with E-state index < -0.39 is 0 Å². The fourth-order valence-electron chi connectivity index (χ4n) is 3.01. The van der Waals surface area contributed by atoms with Gasteiger partial charge in [0, 0.05) is 3.57 Å². The molecule has 0 bridgehead atoms. The zero-order valence-electron chi connectivity index (χ0n) is 17.7. The fraction of sp³-hybridized carbons (Fsp3) is 0.120. The van der Waals surface area contributed by atoms with E-state index in [1.807, 2.05) is 49.4 Å². The molecule has 0 spiro atoms. The van der Waals surface area contributed by atoms with Crippen LogP contribution in [0.15, 0.2) is 76.6 Å². The number of hydrogen-bond donors (Lipinski definition) is 1. The number of ether oxygens (including phenoxy) is 2. The first kappa shape index (κ1) is 23.3. The second-order valence-electron chi connectivity index (χ2n) is 7.01. The van der Waals surface area contributed by atoms with Gasteiger partial charge in [-0.1, -0.05) is 18.2 Å². The molecule has 4 rings (SSSR count). The molecule has 33 heavy (non-hydrogen) atoms. The van der Waals surface area contributed by atoms with Gasteiger partial charge in [0.1, 0.15) is 12.4 Å². The predicted octanol–water partition coefficient (Wildman–Crippen LogP) is 6.30. The Balaban J connectivity index is 1.49. The van der Waals surface area contributed by atoms with Crippen LogP contribution in [0.1, 0.15) is 18.1 Å². The number of amidine groups is 1. The van der Waals surface area contributed by atoms with Gasteiger partial charge in [0.15, 0.2) is 16.7 Å². The van der Waals surface area contributed by atoms with Crippen molar-refractivity contribution in [3.05, 3.63) is 92.1 Å². The largest absolute Gasteiger partial charge is 0.490 e. The molecule has 1 amide bonds. The number of carbonyl (C=O) groups excluding carboxylic acids is 1. The highest BCUT2D eigenvalue weighted by molar-refractivity contribution is 14.1. The minimum atomic E-state index is -0.335. The van der Waals surface area contributed by atoms with Gasteiger partial charge < -0.3 is 14.8 Å². The average Bonchev–Trinajstić information content (AvgIpc) is 3.14. The predicted molar refractivity (Wildman–Crippen MR) is 138 cm³/mol. The summed E-state index contributed by atoms with van der Waals surface area (Å²) in [7, 11) is 0. The summed E-state index contributed by atoms with van der Waals surface area (Å²) in [6, 6.07) is 19.5. The van der Waals surface area contributed by atoms with Gasteiger partial charge in [-0.3, -0.25) is 4.79 Å². The first-order chi connectivity index (χ1) is 16.0. The molecule has 3 aromatic rings. The van der Waals surface area contributed by atoms with Gasteiger partial charge >= 0.3 is 0 Å². The molecule has 1 aliphatic rings. The van der Waals surface area contributed by atoms with Gasteiger partial charge in [-0.25, -0.2) is 9.38 Å². The van der Waals surface area contributed by atoms with E-state index in [0.717, 1.165) is 11.1 Å². The number of hydrogen-bond acceptors (Lipinski definition) is 5. The second-order valence-corrected chi connectivity index (χ2v) is 9.29. The van der Waals surface area contributed by atoms with Gasteiger partial charge in [-0.2, -0.15) is 0 Å². The summed E-state index contributed by atoms with van der Waals surface area (Å²) in [4.78, 5) is 17.3. The molecule has 0 radical (unpaired) electrons. The fourth-order valence-corrected chi connectivity index (χ4v) is 4.21. The van der Waals surface area contributed by atoms with Crippen molar-refractivity contribution in [2.24, 2.45) is 4.99 Å². The van der Waals surface area contributed by atoms with Crippen LogP contribution in [0.5, 0.6) is 11.5 Å². The lowest BCUT2D eigenvalue weighted by Crippen LogP contribution is -2.19. The monoisotopic (exact) mass is 574 g/mol. The van der Waals surface area contributed by atoms with Crippen LogP contribution in [0.25, 0.3) is 6.08 Å². The smallest absolute Gasteiger partial charge is 0.264 e. The molecule has 168 valence electrons. The molecule has 1 saturated heterocycles. The third-order valence-electron chi connectivity index (χ3n) is 4.58. The first-order valence-corrected chi connectivity index (χ1v) is 12.1. The minimum Gasteiger partial charge on any atom is -0.490 e. The third-order valence-corrected chi connectivity index (χ3v) is 6.21. The molecule has 0 unspecified atom stereocenters. The summed E-state index contributed by atoms with van der Waals surface area (Å²) >= 11 is 3.50. The second kappa shape index (κ2) is 10.8. The number of amides is 1. The van der Waals surface area contributed by atoms with Gasteiger partial charge in [-0.15, -0.1) is 0 Å². The molecular weight excluding hydrogens is 554 g/mol. The molecule has 1 heterocycles. The van der Waals surface area contributed by atoms with E-state index in [0.29, 0.717) is 40.5 Å². The van der Waals surface area contributed by atoms with Crippen LogP contribution in [0, 0.1) is 9.39 Å². The summed E-state index contributed by atoms with van der Waals surface area (Å²) in [5, 5.41) is 3.18. The number of nitrogens with one attached hydrogen (secondary N) is 1. The molecular formula is C25H20FIN2O3S. The minimum absolute atomic E-state index is 0.238. The van der Waals surface area contributed by atoms with Gasteiger partial charge in [0.05, 0.1) is 17.2 Å². The lowest BCUT2D eigenvalue weighted by Gasteiger charge is -2.13. The maximum Gasteiger partial charge on any atom is 0.264 e. The third kappa shape index (κ3) is 6.35. The number of thioether (sulfide) groups is 1. The molecule has 0 saturated carbocycles. The molecule has 0 aliphatic carbocycles. The summed E-state index contributed by atoms with van der Waals surface area (Å²) in [5.74, 6) is 0.678. The van der Waals surface area contributed by atoms with Crippen molar-refractivity contribution in [1.82, 2.24) is 5.32 Å². The summed E-state index contributed by atoms with van der Waals surface area (Å²) in [5.41, 5.74) is 2.44. The number of benzene rings is 3. The van der Waals surface area contributed by atoms with E-state index in [1.54, 1.807) is 18.2 Å². The number of aliphatic imine (C=N–C) groups is 1. The van der Waals surface area contributed by atoms with Crippen LogP contribution < -0.4 is 14.8 Å². The highest BCUT2D eigenvalue weighted by Crippen LogP contribution is 2.33. The zero-order valence-corrected chi connectivity index (χ0v) is 20.7. The topological polar surface area (TPSA) is 59.9 Å². The number of nitrogens with zero attached hydrogens (tertiary/aromatic N) is 1. The quantitative estimate of drug-likeness (QED) is 0.266. The van der Waals surface area contributed by atoms with Crippen LogP contribution >= 0.6 is 34.4 Å². The van der Waals surface area contributed by atoms with Crippen molar-refractivity contribution in [3.8, 4) is 11.5 Å². The standard InChI is InChI=1S/C25H20FIN2O3S/c1-2-31-22-13-17(5-12-21(22)32-15-16-3-8-19(27)9-4-16)14-23-24(30)29-25(33-23)28-20-10-6-18(26)7-11-20/h3-14H,2,15H2,1H3,(H,28,29,30)/b23-14+. The van der Waals surface area contributed by atoms with Crippen molar-refractivity contribution in [3.63, 3.8) is 0 Å². The van der Waals surface area contributed by atoms with Crippen molar-refractivity contribution < 1.29 is 18.7 Å². The van der Waals surface area contributed by atoms with Crippen molar-refractivity contribution in [2.45, 2.75) is 13.5 Å². The van der Waals surface area contributed by atoms with E-state index in [1.165, 1.54) is 27.5 Å².